The summed E-state index contributed by atoms with van der Waals surface area (Å²) in [6.45, 7) is 0. The zero-order valence-corrected chi connectivity index (χ0v) is 7.83. The third-order valence-electron chi connectivity index (χ3n) is 2.85. The molecule has 13 heavy (non-hydrogen) atoms. The summed E-state index contributed by atoms with van der Waals surface area (Å²) in [4.78, 5) is 0. The molecule has 0 heterocycles. The molecule has 0 amide bonds. The number of hydrogen-bond donors (Lipinski definition) is 2. The molecule has 1 aromatic carbocycles. The largest absolute Gasteiger partial charge is 0.387 e. The molecule has 0 bridgehead atoms. The number of rotatable bonds is 1. The maximum absolute atomic E-state index is 9.96. The van der Waals surface area contributed by atoms with E-state index in [1.165, 1.54) is 5.56 Å². The van der Waals surface area contributed by atoms with Gasteiger partial charge in [-0.25, -0.2) is 0 Å². The van der Waals surface area contributed by atoms with Gasteiger partial charge in [0.2, 0.25) is 0 Å². The molecular formula is C11H15NO. The average molecular weight is 177 g/mol. The fraction of sp³-hybridized carbons (Fsp3) is 0.455. The van der Waals surface area contributed by atoms with Gasteiger partial charge in [-0.05, 0) is 31.0 Å². The van der Waals surface area contributed by atoms with Crippen molar-refractivity contribution in [3.8, 4) is 0 Å². The van der Waals surface area contributed by atoms with E-state index >= 15 is 0 Å². The first kappa shape index (κ1) is 8.73. The van der Waals surface area contributed by atoms with Gasteiger partial charge in [0.1, 0.15) is 0 Å². The van der Waals surface area contributed by atoms with Crippen molar-refractivity contribution in [1.82, 2.24) is 5.32 Å². The van der Waals surface area contributed by atoms with Crippen LogP contribution in [0.2, 0.25) is 0 Å². The lowest BCUT2D eigenvalue weighted by molar-refractivity contribution is 0.119. The van der Waals surface area contributed by atoms with Gasteiger partial charge in [0.25, 0.3) is 0 Å². The lowest BCUT2D eigenvalue weighted by Crippen LogP contribution is -2.35. The van der Waals surface area contributed by atoms with Crippen LogP contribution in [-0.4, -0.2) is 18.2 Å². The lowest BCUT2D eigenvalue weighted by atomic mass is 9.86. The SMILES string of the molecule is CN[C@H]1CCc2ccccc2[C@H]1O. The number of aliphatic hydroxyl groups is 1. The van der Waals surface area contributed by atoms with E-state index in [9.17, 15) is 5.11 Å². The molecule has 0 fully saturated rings. The quantitative estimate of drug-likeness (QED) is 0.676. The van der Waals surface area contributed by atoms with Crippen LogP contribution in [0.15, 0.2) is 24.3 Å². The zero-order chi connectivity index (χ0) is 9.26. The minimum Gasteiger partial charge on any atom is -0.387 e. The Morgan fingerprint density at radius 3 is 2.92 bits per heavy atom. The number of fused-ring (bicyclic) bond motifs is 1. The van der Waals surface area contributed by atoms with Gasteiger partial charge in [-0.15, -0.1) is 0 Å². The summed E-state index contributed by atoms with van der Waals surface area (Å²) in [5.41, 5.74) is 2.38. The Bertz CT molecular complexity index is 298. The Morgan fingerprint density at radius 2 is 2.15 bits per heavy atom. The highest BCUT2D eigenvalue weighted by Gasteiger charge is 2.25. The third kappa shape index (κ3) is 1.47. The van der Waals surface area contributed by atoms with Gasteiger partial charge < -0.3 is 10.4 Å². The highest BCUT2D eigenvalue weighted by molar-refractivity contribution is 5.32. The monoisotopic (exact) mass is 177 g/mol. The molecule has 0 aromatic heterocycles. The molecular weight excluding hydrogens is 162 g/mol. The molecule has 70 valence electrons. The smallest absolute Gasteiger partial charge is 0.0945 e. The number of aliphatic hydroxyl groups excluding tert-OH is 1. The van der Waals surface area contributed by atoms with Gasteiger partial charge in [-0.2, -0.15) is 0 Å². The molecule has 2 rings (SSSR count). The highest BCUT2D eigenvalue weighted by Crippen LogP contribution is 2.29. The fourth-order valence-electron chi connectivity index (χ4n) is 2.04. The molecule has 0 saturated carbocycles. The Kier molecular flexibility index (Phi) is 2.34. The first-order valence-corrected chi connectivity index (χ1v) is 4.76. The maximum Gasteiger partial charge on any atom is 0.0945 e. The first-order chi connectivity index (χ1) is 6.33. The van der Waals surface area contributed by atoms with E-state index in [0.717, 1.165) is 18.4 Å². The minimum atomic E-state index is -0.338. The second-order valence-corrected chi connectivity index (χ2v) is 3.58. The van der Waals surface area contributed by atoms with Crippen molar-refractivity contribution in [3.63, 3.8) is 0 Å². The molecule has 2 nitrogen and oxygen atoms in total. The Labute approximate surface area is 78.6 Å². The van der Waals surface area contributed by atoms with Gasteiger partial charge in [-0.3, -0.25) is 0 Å². The van der Waals surface area contributed by atoms with Gasteiger partial charge in [-0.1, -0.05) is 24.3 Å². The summed E-state index contributed by atoms with van der Waals surface area (Å²) in [5.74, 6) is 0. The summed E-state index contributed by atoms with van der Waals surface area (Å²) in [7, 11) is 1.90. The Hall–Kier alpha value is -0.860. The van der Waals surface area contributed by atoms with Crippen LogP contribution in [0.25, 0.3) is 0 Å². The minimum absolute atomic E-state index is 0.217. The van der Waals surface area contributed by atoms with E-state index in [0.29, 0.717) is 0 Å². The number of aryl methyl sites for hydroxylation is 1. The van der Waals surface area contributed by atoms with Crippen LogP contribution in [0.1, 0.15) is 23.7 Å². The van der Waals surface area contributed by atoms with Crippen LogP contribution < -0.4 is 5.32 Å². The van der Waals surface area contributed by atoms with Crippen LogP contribution in [0, 0.1) is 0 Å². The summed E-state index contributed by atoms with van der Waals surface area (Å²) in [5, 5.41) is 13.1. The zero-order valence-electron chi connectivity index (χ0n) is 7.83. The van der Waals surface area contributed by atoms with E-state index in [1.807, 2.05) is 25.2 Å². The highest BCUT2D eigenvalue weighted by atomic mass is 16.3. The van der Waals surface area contributed by atoms with Crippen LogP contribution in [-0.2, 0) is 6.42 Å². The molecule has 1 aromatic rings. The molecule has 0 saturated heterocycles. The van der Waals surface area contributed by atoms with Gasteiger partial charge in [0, 0.05) is 6.04 Å². The van der Waals surface area contributed by atoms with Crippen molar-refractivity contribution in [1.29, 1.82) is 0 Å². The molecule has 0 radical (unpaired) electrons. The number of nitrogens with one attached hydrogen (secondary N) is 1. The van der Waals surface area contributed by atoms with Crippen molar-refractivity contribution >= 4 is 0 Å². The van der Waals surface area contributed by atoms with E-state index in [-0.39, 0.29) is 12.1 Å². The molecule has 0 aliphatic heterocycles. The molecule has 0 spiro atoms. The summed E-state index contributed by atoms with van der Waals surface area (Å²) >= 11 is 0. The molecule has 2 N–H and O–H groups in total. The average Bonchev–Trinajstić information content (AvgIpc) is 2.19. The van der Waals surface area contributed by atoms with Gasteiger partial charge in [0.15, 0.2) is 0 Å². The Morgan fingerprint density at radius 1 is 1.38 bits per heavy atom. The first-order valence-electron chi connectivity index (χ1n) is 4.76. The van der Waals surface area contributed by atoms with Crippen molar-refractivity contribution in [2.24, 2.45) is 0 Å². The molecule has 2 atom stereocenters. The molecule has 1 aliphatic carbocycles. The van der Waals surface area contributed by atoms with Gasteiger partial charge in [0.05, 0.1) is 6.10 Å². The van der Waals surface area contributed by atoms with Crippen molar-refractivity contribution in [2.45, 2.75) is 25.0 Å². The van der Waals surface area contributed by atoms with Crippen molar-refractivity contribution in [2.75, 3.05) is 7.05 Å². The molecule has 1 aliphatic rings. The third-order valence-corrected chi connectivity index (χ3v) is 2.85. The van der Waals surface area contributed by atoms with Crippen LogP contribution >= 0.6 is 0 Å². The predicted molar refractivity (Wildman–Crippen MR) is 52.6 cm³/mol. The maximum atomic E-state index is 9.96. The fourth-order valence-corrected chi connectivity index (χ4v) is 2.04. The second-order valence-electron chi connectivity index (χ2n) is 3.58. The van der Waals surface area contributed by atoms with E-state index in [4.69, 9.17) is 0 Å². The topological polar surface area (TPSA) is 32.3 Å². The predicted octanol–water partition coefficient (Wildman–Crippen LogP) is 1.25. The van der Waals surface area contributed by atoms with E-state index in [1.54, 1.807) is 0 Å². The summed E-state index contributed by atoms with van der Waals surface area (Å²) < 4.78 is 0. The standard InChI is InChI=1S/C11H15NO/c1-12-10-7-6-8-4-2-3-5-9(8)11(10)13/h2-5,10-13H,6-7H2,1H3/t10-,11+/m0/s1. The summed E-state index contributed by atoms with van der Waals surface area (Å²) in [6.07, 6.45) is 1.75. The van der Waals surface area contributed by atoms with Crippen LogP contribution in [0.5, 0.6) is 0 Å². The summed E-state index contributed by atoms with van der Waals surface area (Å²) in [6, 6.07) is 8.36. The molecule has 2 heteroatoms. The number of benzene rings is 1. The number of likely N-dealkylation sites (N-methyl/N-ethyl adjacent to an activating group) is 1. The normalized spacial score (nSPS) is 26.9. The lowest BCUT2D eigenvalue weighted by Gasteiger charge is -2.29. The van der Waals surface area contributed by atoms with Gasteiger partial charge >= 0.3 is 0 Å². The number of hydrogen-bond acceptors (Lipinski definition) is 2. The second kappa shape index (κ2) is 3.48. The molecule has 0 unspecified atom stereocenters. The van der Waals surface area contributed by atoms with Crippen LogP contribution in [0.4, 0.5) is 0 Å². The van der Waals surface area contributed by atoms with Crippen LogP contribution in [0.3, 0.4) is 0 Å². The van der Waals surface area contributed by atoms with E-state index < -0.39 is 0 Å². The van der Waals surface area contributed by atoms with Crippen molar-refractivity contribution in [3.05, 3.63) is 35.4 Å². The van der Waals surface area contributed by atoms with Crippen molar-refractivity contribution < 1.29 is 5.11 Å². The van der Waals surface area contributed by atoms with E-state index in [2.05, 4.69) is 11.4 Å². The Balaban J connectivity index is 2.33.